The Morgan fingerprint density at radius 2 is 2.25 bits per heavy atom. The first-order chi connectivity index (χ1) is 11.6. The predicted molar refractivity (Wildman–Crippen MR) is 98.1 cm³/mol. The molecule has 1 aromatic heterocycles. The van der Waals surface area contributed by atoms with Gasteiger partial charge in [-0.05, 0) is 45.2 Å². The number of aromatic nitrogens is 1. The maximum atomic E-state index is 5.97. The Morgan fingerprint density at radius 1 is 1.46 bits per heavy atom. The average Bonchev–Trinajstić information content (AvgIpc) is 2.88. The van der Waals surface area contributed by atoms with Crippen LogP contribution < -0.4 is 5.32 Å². The second-order valence-electron chi connectivity index (χ2n) is 7.23. The molecular weight excluding hydrogens is 300 g/mol. The van der Waals surface area contributed by atoms with Crippen molar-refractivity contribution in [2.75, 3.05) is 20.2 Å². The molecule has 1 spiro atoms. The topological polar surface area (TPSA) is 41.8 Å². The van der Waals surface area contributed by atoms with Crippen LogP contribution in [0.3, 0.4) is 0 Å². The summed E-state index contributed by atoms with van der Waals surface area (Å²) in [6.07, 6.45) is 7.55. The molecule has 2 unspecified atom stereocenters. The lowest BCUT2D eigenvalue weighted by Crippen LogP contribution is -2.68. The largest absolute Gasteiger partial charge is 0.378 e. The predicted octanol–water partition coefficient (Wildman–Crippen LogP) is 2.77. The lowest BCUT2D eigenvalue weighted by Gasteiger charge is -2.61. The second-order valence-corrected chi connectivity index (χ2v) is 7.23. The normalized spacial score (nSPS) is 25.2. The molecule has 0 bridgehead atoms. The van der Waals surface area contributed by atoms with E-state index in [0.717, 1.165) is 32.1 Å². The van der Waals surface area contributed by atoms with Crippen molar-refractivity contribution in [1.82, 2.24) is 14.8 Å². The Balaban J connectivity index is 1.64. The molecule has 0 aliphatic heterocycles. The van der Waals surface area contributed by atoms with Crippen molar-refractivity contribution in [3.8, 4) is 0 Å². The fraction of sp³-hybridized carbons (Fsp3) is 0.737. The molecule has 0 amide bonds. The maximum absolute atomic E-state index is 5.97. The van der Waals surface area contributed by atoms with Gasteiger partial charge in [0.15, 0.2) is 5.96 Å². The van der Waals surface area contributed by atoms with E-state index in [4.69, 9.17) is 9.73 Å². The summed E-state index contributed by atoms with van der Waals surface area (Å²) < 4.78 is 8.14. The molecule has 0 saturated heterocycles. The minimum atomic E-state index is 0.357. The van der Waals surface area contributed by atoms with Crippen LogP contribution in [0.5, 0.6) is 0 Å². The Morgan fingerprint density at radius 3 is 2.79 bits per heavy atom. The summed E-state index contributed by atoms with van der Waals surface area (Å²) in [4.78, 5) is 6.97. The van der Waals surface area contributed by atoms with E-state index in [1.54, 1.807) is 0 Å². The minimum absolute atomic E-state index is 0.357. The lowest BCUT2D eigenvalue weighted by molar-refractivity contribution is -0.168. The molecule has 1 aromatic rings. The molecule has 0 aromatic carbocycles. The molecule has 1 heterocycles. The molecule has 2 aliphatic rings. The third kappa shape index (κ3) is 3.06. The van der Waals surface area contributed by atoms with Crippen LogP contribution in [0.4, 0.5) is 0 Å². The van der Waals surface area contributed by atoms with Gasteiger partial charge in [0, 0.05) is 50.6 Å². The molecule has 2 atom stereocenters. The molecule has 2 saturated carbocycles. The fourth-order valence-electron chi connectivity index (χ4n) is 4.20. The molecule has 134 valence electrons. The van der Waals surface area contributed by atoms with Crippen LogP contribution in [0.1, 0.15) is 45.2 Å². The van der Waals surface area contributed by atoms with Gasteiger partial charge in [-0.25, -0.2) is 0 Å². The van der Waals surface area contributed by atoms with Crippen molar-refractivity contribution >= 4 is 5.96 Å². The summed E-state index contributed by atoms with van der Waals surface area (Å²) in [5.41, 5.74) is 1.65. The highest BCUT2D eigenvalue weighted by molar-refractivity contribution is 5.80. The van der Waals surface area contributed by atoms with Gasteiger partial charge >= 0.3 is 0 Å². The molecule has 1 N–H and O–H groups in total. The van der Waals surface area contributed by atoms with Gasteiger partial charge in [-0.2, -0.15) is 0 Å². The van der Waals surface area contributed by atoms with Crippen LogP contribution in [-0.2, 0) is 18.3 Å². The number of guanidine groups is 1. The first kappa shape index (κ1) is 17.3. The van der Waals surface area contributed by atoms with Gasteiger partial charge in [0.1, 0.15) is 0 Å². The molecule has 5 heteroatoms. The van der Waals surface area contributed by atoms with E-state index >= 15 is 0 Å². The van der Waals surface area contributed by atoms with Crippen LogP contribution in [0.25, 0.3) is 0 Å². The summed E-state index contributed by atoms with van der Waals surface area (Å²) in [5, 5.41) is 3.75. The van der Waals surface area contributed by atoms with Crippen LogP contribution >= 0.6 is 0 Å². The van der Waals surface area contributed by atoms with E-state index in [1.165, 1.54) is 25.0 Å². The number of ether oxygens (including phenoxy) is 1. The van der Waals surface area contributed by atoms with Crippen molar-refractivity contribution in [3.63, 3.8) is 0 Å². The summed E-state index contributed by atoms with van der Waals surface area (Å²) in [7, 11) is 4.22. The molecule has 5 nitrogen and oxygen atoms in total. The van der Waals surface area contributed by atoms with Gasteiger partial charge in [-0.1, -0.05) is 6.42 Å². The first-order valence-electron chi connectivity index (χ1n) is 9.34. The van der Waals surface area contributed by atoms with Gasteiger partial charge in [-0.3, -0.25) is 4.99 Å². The third-order valence-corrected chi connectivity index (χ3v) is 5.86. The smallest absolute Gasteiger partial charge is 0.194 e. The average molecular weight is 332 g/mol. The van der Waals surface area contributed by atoms with Crippen LogP contribution in [-0.4, -0.2) is 47.8 Å². The fourth-order valence-corrected chi connectivity index (χ4v) is 4.20. The van der Waals surface area contributed by atoms with E-state index < -0.39 is 0 Å². The number of hydrogen-bond donors (Lipinski definition) is 1. The Bertz CT molecular complexity index is 576. The van der Waals surface area contributed by atoms with Crippen molar-refractivity contribution in [2.45, 2.75) is 58.2 Å². The zero-order valence-electron chi connectivity index (χ0n) is 15.6. The van der Waals surface area contributed by atoms with E-state index in [1.807, 2.05) is 0 Å². The summed E-state index contributed by atoms with van der Waals surface area (Å²) in [6.45, 7) is 6.69. The highest BCUT2D eigenvalue weighted by Crippen LogP contribution is 2.57. The standard InChI is InChI=1S/C19H32N4O/c1-5-20-18(23(4)14-15-9-7-12-22(15)3)21-16-13-17(24-6-2)19(16)10-8-11-19/h7,9,12,16-17H,5-6,8,10-11,13-14H2,1-4H3,(H,20,21). The number of nitrogens with one attached hydrogen (secondary N) is 1. The zero-order valence-corrected chi connectivity index (χ0v) is 15.6. The minimum Gasteiger partial charge on any atom is -0.378 e. The van der Waals surface area contributed by atoms with Gasteiger partial charge < -0.3 is 19.5 Å². The number of aliphatic imine (C=N–C) groups is 1. The molecule has 0 radical (unpaired) electrons. The van der Waals surface area contributed by atoms with Crippen LogP contribution in [0.2, 0.25) is 0 Å². The third-order valence-electron chi connectivity index (χ3n) is 5.86. The summed E-state index contributed by atoms with van der Waals surface area (Å²) in [5.74, 6) is 1.02. The second kappa shape index (κ2) is 7.18. The number of nitrogens with zero attached hydrogens (tertiary/aromatic N) is 3. The first-order valence-corrected chi connectivity index (χ1v) is 9.34. The van der Waals surface area contributed by atoms with Gasteiger partial charge in [0.25, 0.3) is 0 Å². The molecular formula is C19H32N4O. The number of aryl methyl sites for hydroxylation is 1. The highest BCUT2D eigenvalue weighted by Gasteiger charge is 2.59. The van der Waals surface area contributed by atoms with Crippen molar-refractivity contribution < 1.29 is 4.74 Å². The van der Waals surface area contributed by atoms with E-state index in [0.29, 0.717) is 17.6 Å². The monoisotopic (exact) mass is 332 g/mol. The van der Waals surface area contributed by atoms with E-state index in [-0.39, 0.29) is 0 Å². The Labute approximate surface area is 146 Å². The maximum Gasteiger partial charge on any atom is 0.194 e. The van der Waals surface area contributed by atoms with E-state index in [2.05, 4.69) is 61.1 Å². The number of hydrogen-bond acceptors (Lipinski definition) is 2. The van der Waals surface area contributed by atoms with Crippen molar-refractivity contribution in [1.29, 1.82) is 0 Å². The molecule has 3 rings (SSSR count). The van der Waals surface area contributed by atoms with Crippen molar-refractivity contribution in [3.05, 3.63) is 24.0 Å². The van der Waals surface area contributed by atoms with Gasteiger partial charge in [0.2, 0.25) is 0 Å². The zero-order chi connectivity index (χ0) is 17.2. The highest BCUT2D eigenvalue weighted by atomic mass is 16.5. The van der Waals surface area contributed by atoms with Crippen molar-refractivity contribution in [2.24, 2.45) is 17.5 Å². The molecule has 2 aliphatic carbocycles. The van der Waals surface area contributed by atoms with Gasteiger partial charge in [0.05, 0.1) is 12.6 Å². The molecule has 2 fully saturated rings. The van der Waals surface area contributed by atoms with E-state index in [9.17, 15) is 0 Å². The van der Waals surface area contributed by atoms with Crippen LogP contribution in [0, 0.1) is 5.41 Å². The lowest BCUT2D eigenvalue weighted by atomic mass is 9.51. The summed E-state index contributed by atoms with van der Waals surface area (Å²) in [6, 6.07) is 4.76. The SMILES string of the molecule is CCN=C(NC1CC(OCC)C12CCC2)N(C)Cc1cccn1C. The molecule has 24 heavy (non-hydrogen) atoms. The number of rotatable bonds is 6. The Kier molecular flexibility index (Phi) is 5.18. The van der Waals surface area contributed by atoms with Gasteiger partial charge in [-0.15, -0.1) is 0 Å². The van der Waals surface area contributed by atoms with Crippen LogP contribution in [0.15, 0.2) is 23.3 Å². The summed E-state index contributed by atoms with van der Waals surface area (Å²) >= 11 is 0. The Hall–Kier alpha value is -1.49. The quantitative estimate of drug-likeness (QED) is 0.643.